The van der Waals surface area contributed by atoms with E-state index < -0.39 is 10.0 Å². The molecule has 0 unspecified atom stereocenters. The van der Waals surface area contributed by atoms with Crippen molar-refractivity contribution in [1.82, 2.24) is 0 Å². The molecule has 0 radical (unpaired) electrons. The van der Waals surface area contributed by atoms with Gasteiger partial charge in [0.05, 0.1) is 15.6 Å². The maximum atomic E-state index is 11.9. The topological polar surface area (TPSA) is 63.6 Å². The molecule has 0 saturated heterocycles. The molecule has 92 valence electrons. The molecule has 0 aromatic heterocycles. The Balaban J connectivity index is 2.43. The summed E-state index contributed by atoms with van der Waals surface area (Å²) in [6.07, 6.45) is 3.62. The standard InChI is InChI=1S/C12H8ClNO3S/c13-11-8-9(15)6-7-12(11)14-18(16,17)10-4-2-1-3-5-10/h1-8H. The van der Waals surface area contributed by atoms with Crippen molar-refractivity contribution in [3.8, 4) is 0 Å². The fraction of sp³-hybridized carbons (Fsp3) is 0. The van der Waals surface area contributed by atoms with Crippen LogP contribution in [-0.4, -0.2) is 19.9 Å². The lowest BCUT2D eigenvalue weighted by molar-refractivity contribution is -0.110. The Hall–Kier alpha value is -1.72. The molecule has 0 amide bonds. The minimum absolute atomic E-state index is 0.0157. The Morgan fingerprint density at radius 1 is 1.06 bits per heavy atom. The number of ketones is 1. The maximum Gasteiger partial charge on any atom is 0.282 e. The number of halogens is 1. The van der Waals surface area contributed by atoms with E-state index in [1.54, 1.807) is 18.2 Å². The van der Waals surface area contributed by atoms with Crippen molar-refractivity contribution >= 4 is 33.1 Å². The summed E-state index contributed by atoms with van der Waals surface area (Å²) in [7, 11) is -3.81. The molecular formula is C12H8ClNO3S. The smallest absolute Gasteiger partial charge is 0.282 e. The molecule has 6 heteroatoms. The summed E-state index contributed by atoms with van der Waals surface area (Å²) in [5.41, 5.74) is 0.0557. The fourth-order valence-electron chi connectivity index (χ4n) is 1.34. The number of allylic oxidation sites excluding steroid dienone is 4. The molecule has 18 heavy (non-hydrogen) atoms. The molecule has 0 spiro atoms. The largest absolute Gasteiger partial charge is 0.290 e. The highest BCUT2D eigenvalue weighted by molar-refractivity contribution is 7.90. The minimum atomic E-state index is -3.81. The van der Waals surface area contributed by atoms with Gasteiger partial charge in [-0.2, -0.15) is 12.8 Å². The molecule has 0 N–H and O–H groups in total. The van der Waals surface area contributed by atoms with Gasteiger partial charge in [-0.05, 0) is 24.3 Å². The SMILES string of the molecule is O=C1C=CC(=NS(=O)(=O)c2ccccc2)C(Cl)=C1. The molecule has 1 aromatic carbocycles. The number of carbonyl (C=O) groups excluding carboxylic acids is 1. The molecule has 0 aliphatic heterocycles. The van der Waals surface area contributed by atoms with Gasteiger partial charge in [-0.15, -0.1) is 0 Å². The number of benzene rings is 1. The van der Waals surface area contributed by atoms with Gasteiger partial charge in [0.2, 0.25) is 0 Å². The zero-order chi connectivity index (χ0) is 13.2. The van der Waals surface area contributed by atoms with E-state index in [4.69, 9.17) is 11.6 Å². The summed E-state index contributed by atoms with van der Waals surface area (Å²) < 4.78 is 27.5. The maximum absolute atomic E-state index is 11.9. The zero-order valence-electron chi connectivity index (χ0n) is 9.08. The van der Waals surface area contributed by atoms with Gasteiger partial charge in [-0.25, -0.2) is 0 Å². The summed E-state index contributed by atoms with van der Waals surface area (Å²) in [6.45, 7) is 0. The first-order valence-corrected chi connectivity index (χ1v) is 6.80. The molecule has 4 nitrogen and oxygen atoms in total. The van der Waals surface area contributed by atoms with Crippen LogP contribution in [0.4, 0.5) is 0 Å². The van der Waals surface area contributed by atoms with E-state index in [1.165, 1.54) is 24.3 Å². The summed E-state index contributed by atoms with van der Waals surface area (Å²) in [6, 6.07) is 7.79. The lowest BCUT2D eigenvalue weighted by Crippen LogP contribution is -2.08. The second-order valence-corrected chi connectivity index (χ2v) is 5.50. The number of carbonyl (C=O) groups is 1. The van der Waals surface area contributed by atoms with Crippen LogP contribution in [0.15, 0.2) is 62.9 Å². The van der Waals surface area contributed by atoms with Crippen molar-refractivity contribution in [3.63, 3.8) is 0 Å². The van der Waals surface area contributed by atoms with Gasteiger partial charge in [0, 0.05) is 6.08 Å². The third kappa shape index (κ3) is 2.75. The van der Waals surface area contributed by atoms with Gasteiger partial charge in [0.15, 0.2) is 5.78 Å². The molecule has 1 aliphatic carbocycles. The van der Waals surface area contributed by atoms with Crippen LogP contribution < -0.4 is 0 Å². The molecular weight excluding hydrogens is 274 g/mol. The summed E-state index contributed by atoms with van der Waals surface area (Å²) in [5.74, 6) is -0.295. The molecule has 0 fully saturated rings. The lowest BCUT2D eigenvalue weighted by atomic mass is 10.2. The minimum Gasteiger partial charge on any atom is -0.290 e. The Bertz CT molecular complexity index is 673. The Labute approximate surface area is 109 Å². The second-order valence-electron chi connectivity index (χ2n) is 3.49. The van der Waals surface area contributed by atoms with Gasteiger partial charge in [0.1, 0.15) is 0 Å². The highest BCUT2D eigenvalue weighted by Gasteiger charge is 2.16. The van der Waals surface area contributed by atoms with E-state index in [-0.39, 0.29) is 21.4 Å². The molecule has 1 aromatic rings. The Kier molecular flexibility index (Phi) is 3.45. The van der Waals surface area contributed by atoms with Crippen LogP contribution in [-0.2, 0) is 14.8 Å². The quantitative estimate of drug-likeness (QED) is 0.780. The van der Waals surface area contributed by atoms with Gasteiger partial charge in [-0.3, -0.25) is 4.79 Å². The monoisotopic (exact) mass is 281 g/mol. The number of nitrogens with zero attached hydrogens (tertiary/aromatic N) is 1. The van der Waals surface area contributed by atoms with E-state index in [0.717, 1.165) is 6.08 Å². The highest BCUT2D eigenvalue weighted by atomic mass is 35.5. The fourth-order valence-corrected chi connectivity index (χ4v) is 2.62. The second kappa shape index (κ2) is 4.88. The first-order chi connectivity index (χ1) is 8.49. The molecule has 0 saturated carbocycles. The van der Waals surface area contributed by atoms with Crippen LogP contribution in [0.5, 0.6) is 0 Å². The van der Waals surface area contributed by atoms with E-state index in [1.807, 2.05) is 0 Å². The predicted octanol–water partition coefficient (Wildman–Crippen LogP) is 2.08. The van der Waals surface area contributed by atoms with E-state index in [2.05, 4.69) is 4.40 Å². The normalized spacial score (nSPS) is 17.9. The number of sulfonamides is 1. The number of hydrogen-bond acceptors (Lipinski definition) is 3. The van der Waals surface area contributed by atoms with E-state index in [9.17, 15) is 13.2 Å². The Morgan fingerprint density at radius 3 is 2.33 bits per heavy atom. The van der Waals surface area contributed by atoms with Crippen LogP contribution in [0.3, 0.4) is 0 Å². The van der Waals surface area contributed by atoms with Crippen molar-refractivity contribution in [2.24, 2.45) is 4.40 Å². The first kappa shape index (κ1) is 12.7. The van der Waals surface area contributed by atoms with Crippen molar-refractivity contribution in [3.05, 3.63) is 53.6 Å². The third-order valence-corrected chi connectivity index (χ3v) is 3.79. The van der Waals surface area contributed by atoms with Gasteiger partial charge in [0.25, 0.3) is 10.0 Å². The summed E-state index contributed by atoms with van der Waals surface area (Å²) >= 11 is 5.76. The molecule has 0 atom stereocenters. The average molecular weight is 282 g/mol. The van der Waals surface area contributed by atoms with E-state index in [0.29, 0.717) is 0 Å². The van der Waals surface area contributed by atoms with Crippen molar-refractivity contribution in [2.45, 2.75) is 4.90 Å². The van der Waals surface area contributed by atoms with Crippen LogP contribution in [0.2, 0.25) is 0 Å². The third-order valence-electron chi connectivity index (χ3n) is 2.18. The van der Waals surface area contributed by atoms with Crippen molar-refractivity contribution in [2.75, 3.05) is 0 Å². The van der Waals surface area contributed by atoms with Crippen LogP contribution >= 0.6 is 11.6 Å². The van der Waals surface area contributed by atoms with Gasteiger partial charge in [-0.1, -0.05) is 29.8 Å². The zero-order valence-corrected chi connectivity index (χ0v) is 10.6. The van der Waals surface area contributed by atoms with Gasteiger partial charge >= 0.3 is 0 Å². The summed E-state index contributed by atoms with van der Waals surface area (Å²) in [4.78, 5) is 11.1. The summed E-state index contributed by atoms with van der Waals surface area (Å²) in [5, 5.41) is 0.0157. The van der Waals surface area contributed by atoms with Crippen molar-refractivity contribution < 1.29 is 13.2 Å². The van der Waals surface area contributed by atoms with Crippen LogP contribution in [0, 0.1) is 0 Å². The van der Waals surface area contributed by atoms with Crippen LogP contribution in [0.1, 0.15) is 0 Å². The van der Waals surface area contributed by atoms with Gasteiger partial charge < -0.3 is 0 Å². The lowest BCUT2D eigenvalue weighted by Gasteiger charge is -2.04. The molecule has 1 aliphatic rings. The molecule has 2 rings (SSSR count). The number of hydrogen-bond donors (Lipinski definition) is 0. The average Bonchev–Trinajstić information content (AvgIpc) is 2.34. The first-order valence-electron chi connectivity index (χ1n) is 4.99. The van der Waals surface area contributed by atoms with E-state index >= 15 is 0 Å². The number of rotatable bonds is 2. The highest BCUT2D eigenvalue weighted by Crippen LogP contribution is 2.17. The van der Waals surface area contributed by atoms with Crippen molar-refractivity contribution in [1.29, 1.82) is 0 Å². The predicted molar refractivity (Wildman–Crippen MR) is 69.1 cm³/mol. The molecule has 0 bridgehead atoms. The Morgan fingerprint density at radius 2 is 1.72 bits per heavy atom. The molecule has 0 heterocycles. The van der Waals surface area contributed by atoms with Crippen LogP contribution in [0.25, 0.3) is 0 Å².